The van der Waals surface area contributed by atoms with E-state index in [1.54, 1.807) is 32.3 Å². The van der Waals surface area contributed by atoms with Crippen LogP contribution < -0.4 is 15.8 Å². The molecule has 0 saturated carbocycles. The number of benzene rings is 2. The van der Waals surface area contributed by atoms with Crippen molar-refractivity contribution in [3.05, 3.63) is 76.7 Å². The van der Waals surface area contributed by atoms with Crippen LogP contribution in [0.15, 0.2) is 54.7 Å². The number of carbonyl (C=O) groups is 1. The number of fused-ring (bicyclic) bond motifs is 1. The fourth-order valence-corrected chi connectivity index (χ4v) is 3.67. The molecule has 0 fully saturated rings. The number of nitrogens with one attached hydrogen (secondary N) is 1. The predicted octanol–water partition coefficient (Wildman–Crippen LogP) is 4.17. The number of nitrogens with two attached hydrogens (primary N) is 1. The van der Waals surface area contributed by atoms with Crippen molar-refractivity contribution in [2.75, 3.05) is 26.0 Å². The number of pyridine rings is 1. The third kappa shape index (κ3) is 5.06. The first-order chi connectivity index (χ1) is 15.7. The van der Waals surface area contributed by atoms with Crippen molar-refractivity contribution < 1.29 is 13.9 Å². The number of primary amides is 1. The second-order valence-corrected chi connectivity index (χ2v) is 7.87. The molecular formula is C24H23ClFN5O2. The van der Waals surface area contributed by atoms with Crippen molar-refractivity contribution in [1.82, 2.24) is 9.88 Å². The van der Waals surface area contributed by atoms with Gasteiger partial charge in [0.1, 0.15) is 23.3 Å². The molecule has 3 rings (SSSR count). The first-order valence-electron chi connectivity index (χ1n) is 10.1. The normalized spacial score (nSPS) is 13.1. The van der Waals surface area contributed by atoms with Crippen molar-refractivity contribution in [3.63, 3.8) is 0 Å². The summed E-state index contributed by atoms with van der Waals surface area (Å²) in [6.45, 7) is 2.23. The highest BCUT2D eigenvalue weighted by Crippen LogP contribution is 2.39. The Morgan fingerprint density at radius 1 is 1.36 bits per heavy atom. The van der Waals surface area contributed by atoms with Gasteiger partial charge in [0, 0.05) is 35.0 Å². The number of hydrogen-bond acceptors (Lipinski definition) is 6. The standard InChI is InChI=1S/C24H23ClFN5O2/c1-4-33-22-12-21-16(9-15(13-27)14-29-21)10-18(22)24(31(2)3,8-7-23(28)32)30-17-5-6-20(26)19(25)11-17/h5-12,14,30H,4H2,1-3H3,(H2,28,32). The monoisotopic (exact) mass is 467 g/mol. The molecule has 0 radical (unpaired) electrons. The summed E-state index contributed by atoms with van der Waals surface area (Å²) in [5, 5.41) is 13.3. The van der Waals surface area contributed by atoms with E-state index in [0.29, 0.717) is 40.1 Å². The van der Waals surface area contributed by atoms with Crippen molar-refractivity contribution in [2.24, 2.45) is 5.73 Å². The largest absolute Gasteiger partial charge is 0.493 e. The molecule has 2 aromatic carbocycles. The van der Waals surface area contributed by atoms with Crippen molar-refractivity contribution in [1.29, 1.82) is 5.26 Å². The maximum Gasteiger partial charge on any atom is 0.241 e. The second kappa shape index (κ2) is 9.86. The van der Waals surface area contributed by atoms with Gasteiger partial charge in [-0.25, -0.2) is 4.39 Å². The number of likely N-dealkylation sites (N-methyl/N-ethyl adjacent to an activating group) is 1. The minimum Gasteiger partial charge on any atom is -0.493 e. The Bertz CT molecular complexity index is 1270. The Morgan fingerprint density at radius 3 is 2.73 bits per heavy atom. The van der Waals surface area contributed by atoms with Gasteiger partial charge in [0.15, 0.2) is 0 Å². The molecule has 0 spiro atoms. The molecule has 0 aliphatic heterocycles. The van der Waals surface area contributed by atoms with Crippen LogP contribution >= 0.6 is 11.6 Å². The van der Waals surface area contributed by atoms with Crippen LogP contribution in [-0.2, 0) is 10.5 Å². The van der Waals surface area contributed by atoms with Gasteiger partial charge in [-0.3, -0.25) is 14.7 Å². The molecular weight excluding hydrogens is 445 g/mol. The summed E-state index contributed by atoms with van der Waals surface area (Å²) in [6.07, 6.45) is 4.32. The van der Waals surface area contributed by atoms with Crippen LogP contribution in [0.3, 0.4) is 0 Å². The van der Waals surface area contributed by atoms with Crippen LogP contribution in [0.25, 0.3) is 10.9 Å². The molecule has 1 unspecified atom stereocenters. The summed E-state index contributed by atoms with van der Waals surface area (Å²) in [5.41, 5.74) is 6.41. The van der Waals surface area contributed by atoms with E-state index in [4.69, 9.17) is 22.1 Å². The Morgan fingerprint density at radius 2 is 2.12 bits per heavy atom. The second-order valence-electron chi connectivity index (χ2n) is 7.46. The number of ether oxygens (including phenoxy) is 1. The summed E-state index contributed by atoms with van der Waals surface area (Å²) in [7, 11) is 3.60. The molecule has 1 aromatic heterocycles. The van der Waals surface area contributed by atoms with Crippen molar-refractivity contribution in [3.8, 4) is 11.8 Å². The number of hydrogen-bond donors (Lipinski definition) is 2. The van der Waals surface area contributed by atoms with E-state index < -0.39 is 17.4 Å². The summed E-state index contributed by atoms with van der Waals surface area (Å²) in [4.78, 5) is 17.9. The lowest BCUT2D eigenvalue weighted by atomic mass is 9.93. The fourth-order valence-electron chi connectivity index (χ4n) is 3.49. The minimum absolute atomic E-state index is 0.0575. The van der Waals surface area contributed by atoms with Gasteiger partial charge in [-0.2, -0.15) is 5.26 Å². The fraction of sp³-hybridized carbons (Fsp3) is 0.208. The van der Waals surface area contributed by atoms with Gasteiger partial charge in [-0.1, -0.05) is 11.6 Å². The number of aromatic nitrogens is 1. The van der Waals surface area contributed by atoms with E-state index in [2.05, 4.69) is 16.4 Å². The average Bonchev–Trinajstić information content (AvgIpc) is 2.78. The van der Waals surface area contributed by atoms with E-state index in [1.807, 2.05) is 17.9 Å². The molecule has 0 aliphatic rings. The Balaban J connectivity index is 2.33. The lowest BCUT2D eigenvalue weighted by Gasteiger charge is -2.40. The molecule has 1 atom stereocenters. The lowest BCUT2D eigenvalue weighted by Crippen LogP contribution is -2.47. The smallest absolute Gasteiger partial charge is 0.241 e. The van der Waals surface area contributed by atoms with Gasteiger partial charge >= 0.3 is 0 Å². The van der Waals surface area contributed by atoms with Crippen molar-refractivity contribution in [2.45, 2.75) is 12.6 Å². The maximum atomic E-state index is 13.8. The van der Waals surface area contributed by atoms with Gasteiger partial charge < -0.3 is 15.8 Å². The highest BCUT2D eigenvalue weighted by Gasteiger charge is 2.36. The Kier molecular flexibility index (Phi) is 7.16. The molecule has 1 heterocycles. The number of halogens is 2. The van der Waals surface area contributed by atoms with Crippen LogP contribution in [0.5, 0.6) is 5.75 Å². The number of nitriles is 1. The zero-order valence-electron chi connectivity index (χ0n) is 18.4. The van der Waals surface area contributed by atoms with E-state index >= 15 is 0 Å². The summed E-state index contributed by atoms with van der Waals surface area (Å²) < 4.78 is 19.7. The molecule has 0 aliphatic carbocycles. The highest BCUT2D eigenvalue weighted by atomic mass is 35.5. The van der Waals surface area contributed by atoms with Crippen LogP contribution in [-0.4, -0.2) is 36.5 Å². The summed E-state index contributed by atoms with van der Waals surface area (Å²) in [6, 6.07) is 11.6. The molecule has 1 amide bonds. The first-order valence-corrected chi connectivity index (χ1v) is 10.4. The van der Waals surface area contributed by atoms with E-state index in [-0.39, 0.29) is 5.02 Å². The average molecular weight is 468 g/mol. The number of rotatable bonds is 8. The number of carbonyl (C=O) groups excluding carboxylic acids is 1. The molecule has 7 nitrogen and oxygen atoms in total. The topological polar surface area (TPSA) is 104 Å². The van der Waals surface area contributed by atoms with Gasteiger partial charge in [0.05, 0.1) is 22.7 Å². The zero-order chi connectivity index (χ0) is 24.2. The predicted molar refractivity (Wildman–Crippen MR) is 126 cm³/mol. The molecule has 9 heteroatoms. The van der Waals surface area contributed by atoms with Crippen LogP contribution in [0.1, 0.15) is 18.1 Å². The van der Waals surface area contributed by atoms with E-state index in [1.165, 1.54) is 30.5 Å². The number of amides is 1. The Labute approximate surface area is 196 Å². The third-order valence-corrected chi connectivity index (χ3v) is 5.36. The highest BCUT2D eigenvalue weighted by molar-refractivity contribution is 6.31. The van der Waals surface area contributed by atoms with Gasteiger partial charge in [0.25, 0.3) is 0 Å². The molecule has 3 aromatic rings. The van der Waals surface area contributed by atoms with Crippen molar-refractivity contribution >= 4 is 34.1 Å². The van der Waals surface area contributed by atoms with E-state index in [9.17, 15) is 14.4 Å². The number of nitrogens with zero attached hydrogens (tertiary/aromatic N) is 3. The van der Waals surface area contributed by atoms with Crippen LogP contribution in [0.4, 0.5) is 10.1 Å². The van der Waals surface area contributed by atoms with Gasteiger partial charge in [0.2, 0.25) is 5.91 Å². The molecule has 33 heavy (non-hydrogen) atoms. The summed E-state index contributed by atoms with van der Waals surface area (Å²) >= 11 is 6.00. The molecule has 0 saturated heterocycles. The molecule has 0 bridgehead atoms. The van der Waals surface area contributed by atoms with Crippen LogP contribution in [0, 0.1) is 17.1 Å². The molecule has 3 N–H and O–H groups in total. The minimum atomic E-state index is -1.17. The quantitative estimate of drug-likeness (QED) is 0.380. The third-order valence-electron chi connectivity index (χ3n) is 5.07. The number of anilines is 1. The zero-order valence-corrected chi connectivity index (χ0v) is 19.2. The van der Waals surface area contributed by atoms with E-state index in [0.717, 1.165) is 0 Å². The summed E-state index contributed by atoms with van der Waals surface area (Å²) in [5.74, 6) is -0.695. The lowest BCUT2D eigenvalue weighted by molar-refractivity contribution is -0.113. The van der Waals surface area contributed by atoms with Gasteiger partial charge in [-0.05, 0) is 57.4 Å². The van der Waals surface area contributed by atoms with Gasteiger partial charge in [-0.15, -0.1) is 0 Å². The maximum absolute atomic E-state index is 13.8. The first kappa shape index (κ1) is 24.0. The van der Waals surface area contributed by atoms with Crippen LogP contribution in [0.2, 0.25) is 5.02 Å². The SMILES string of the molecule is CCOc1cc2ncc(C#N)cc2cc1C(C=CC(N)=O)(Nc1ccc(F)c(Cl)c1)N(C)C. The molecule has 170 valence electrons. The Hall–Kier alpha value is -3.67.